The maximum Gasteiger partial charge on any atom is 0.357 e. The van der Waals surface area contributed by atoms with Gasteiger partial charge in [0.15, 0.2) is 5.69 Å². The predicted octanol–water partition coefficient (Wildman–Crippen LogP) is 2.73. The quantitative estimate of drug-likeness (QED) is 0.753. The van der Waals surface area contributed by atoms with Gasteiger partial charge in [-0.1, -0.05) is 0 Å². The second kappa shape index (κ2) is 4.11. The molecule has 0 amide bonds. The third-order valence-electron chi connectivity index (χ3n) is 2.31. The van der Waals surface area contributed by atoms with Gasteiger partial charge < -0.3 is 14.8 Å². The Labute approximate surface area is 105 Å². The highest BCUT2D eigenvalue weighted by Crippen LogP contribution is 2.24. The molecule has 0 bridgehead atoms. The summed E-state index contributed by atoms with van der Waals surface area (Å²) < 4.78 is 6.04. The first-order valence-corrected chi connectivity index (χ1v) is 5.89. The minimum Gasteiger partial charge on any atom is -0.476 e. The van der Waals surface area contributed by atoms with Crippen LogP contribution < -0.4 is 5.32 Å². The molecule has 90 valence electrons. The number of carbonyl (C=O) groups is 1. The van der Waals surface area contributed by atoms with Crippen LogP contribution in [0.1, 0.15) is 10.5 Å². The van der Waals surface area contributed by atoms with E-state index in [0.717, 1.165) is 22.2 Å². The van der Waals surface area contributed by atoms with Gasteiger partial charge in [-0.05, 0) is 18.2 Å². The van der Waals surface area contributed by atoms with Crippen molar-refractivity contribution in [1.29, 1.82) is 0 Å². The van der Waals surface area contributed by atoms with Gasteiger partial charge in [0, 0.05) is 5.69 Å². The molecular weight excluding hydrogens is 254 g/mol. The van der Waals surface area contributed by atoms with Gasteiger partial charge in [0.2, 0.25) is 0 Å². The standard InChI is InChI=1S/C11H7N3O3S/c15-10(16)8-4-17-11(14-8)13-6-1-2-7-9(3-6)18-5-12-7/h1-5H,(H,13,14)(H,15,16). The van der Waals surface area contributed by atoms with E-state index in [4.69, 9.17) is 9.52 Å². The molecule has 2 heterocycles. The summed E-state index contributed by atoms with van der Waals surface area (Å²) in [5.74, 6) is -1.12. The average Bonchev–Trinajstić information content (AvgIpc) is 2.96. The average molecular weight is 261 g/mol. The number of hydrogen-bond acceptors (Lipinski definition) is 6. The van der Waals surface area contributed by atoms with E-state index in [1.807, 2.05) is 18.2 Å². The summed E-state index contributed by atoms with van der Waals surface area (Å²) in [6, 6.07) is 5.75. The molecule has 0 aliphatic heterocycles. The largest absolute Gasteiger partial charge is 0.476 e. The van der Waals surface area contributed by atoms with Crippen LogP contribution in [0.4, 0.5) is 11.7 Å². The highest BCUT2D eigenvalue weighted by molar-refractivity contribution is 7.16. The molecule has 7 heteroatoms. The summed E-state index contributed by atoms with van der Waals surface area (Å²) >= 11 is 1.53. The third kappa shape index (κ3) is 1.91. The van der Waals surface area contributed by atoms with Crippen LogP contribution in [0.25, 0.3) is 10.2 Å². The van der Waals surface area contributed by atoms with Crippen molar-refractivity contribution in [3.63, 3.8) is 0 Å². The number of nitrogens with one attached hydrogen (secondary N) is 1. The highest BCUT2D eigenvalue weighted by atomic mass is 32.1. The van der Waals surface area contributed by atoms with Gasteiger partial charge >= 0.3 is 5.97 Å². The highest BCUT2D eigenvalue weighted by Gasteiger charge is 2.10. The molecule has 0 aliphatic rings. The Bertz CT molecular complexity index is 719. The van der Waals surface area contributed by atoms with Gasteiger partial charge in [-0.3, -0.25) is 0 Å². The SMILES string of the molecule is O=C(O)c1coc(Nc2ccc3ncsc3c2)n1. The van der Waals surface area contributed by atoms with Crippen LogP contribution in [0.3, 0.4) is 0 Å². The summed E-state index contributed by atoms with van der Waals surface area (Å²) in [7, 11) is 0. The first kappa shape index (κ1) is 10.7. The van der Waals surface area contributed by atoms with Gasteiger partial charge in [0.25, 0.3) is 6.01 Å². The molecule has 2 N–H and O–H groups in total. The van der Waals surface area contributed by atoms with Crippen molar-refractivity contribution in [2.24, 2.45) is 0 Å². The van der Waals surface area contributed by atoms with E-state index >= 15 is 0 Å². The van der Waals surface area contributed by atoms with Crippen LogP contribution in [0, 0.1) is 0 Å². The molecule has 18 heavy (non-hydrogen) atoms. The Morgan fingerprint density at radius 3 is 3.11 bits per heavy atom. The lowest BCUT2D eigenvalue weighted by Gasteiger charge is -2.00. The van der Waals surface area contributed by atoms with E-state index in [9.17, 15) is 4.79 Å². The van der Waals surface area contributed by atoms with E-state index in [-0.39, 0.29) is 11.7 Å². The lowest BCUT2D eigenvalue weighted by Crippen LogP contribution is -1.97. The number of hydrogen-bond donors (Lipinski definition) is 2. The normalized spacial score (nSPS) is 10.7. The summed E-state index contributed by atoms with van der Waals surface area (Å²) in [5, 5.41) is 11.6. The first-order valence-electron chi connectivity index (χ1n) is 5.01. The molecule has 0 saturated heterocycles. The molecule has 6 nitrogen and oxygen atoms in total. The maximum atomic E-state index is 10.6. The van der Waals surface area contributed by atoms with E-state index in [0.29, 0.717) is 0 Å². The van der Waals surface area contributed by atoms with E-state index in [2.05, 4.69) is 15.3 Å². The predicted molar refractivity (Wildman–Crippen MR) is 66.4 cm³/mol. The number of thiazole rings is 1. The van der Waals surface area contributed by atoms with Gasteiger partial charge in [-0.15, -0.1) is 11.3 Å². The summed E-state index contributed by atoms with van der Waals surface area (Å²) in [5.41, 5.74) is 3.33. The number of nitrogens with zero attached hydrogens (tertiary/aromatic N) is 2. The number of carboxylic acid groups (broad SMARTS) is 1. The number of oxazole rings is 1. The molecule has 1 aromatic carbocycles. The Hall–Kier alpha value is -2.41. The minimum absolute atomic E-state index is 0.128. The van der Waals surface area contributed by atoms with E-state index in [1.165, 1.54) is 11.3 Å². The Morgan fingerprint density at radius 2 is 2.33 bits per heavy atom. The number of aromatic carboxylic acids is 1. The van der Waals surface area contributed by atoms with Crippen LogP contribution in [0.15, 0.2) is 34.4 Å². The zero-order valence-corrected chi connectivity index (χ0v) is 9.77. The summed E-state index contributed by atoms with van der Waals surface area (Å²) in [6.45, 7) is 0. The number of rotatable bonds is 3. The second-order valence-electron chi connectivity index (χ2n) is 3.50. The van der Waals surface area contributed by atoms with Crippen molar-refractivity contribution in [2.75, 3.05) is 5.32 Å². The van der Waals surface area contributed by atoms with Crippen molar-refractivity contribution >= 4 is 39.2 Å². The van der Waals surface area contributed by atoms with Crippen molar-refractivity contribution in [3.8, 4) is 0 Å². The Kier molecular flexibility index (Phi) is 2.45. The van der Waals surface area contributed by atoms with Crippen molar-refractivity contribution < 1.29 is 14.3 Å². The number of anilines is 2. The van der Waals surface area contributed by atoms with Crippen LogP contribution >= 0.6 is 11.3 Å². The Morgan fingerprint density at radius 1 is 1.44 bits per heavy atom. The van der Waals surface area contributed by atoms with Gasteiger partial charge in [0.1, 0.15) is 6.26 Å². The van der Waals surface area contributed by atoms with Crippen LogP contribution in [0.2, 0.25) is 0 Å². The van der Waals surface area contributed by atoms with Crippen molar-refractivity contribution in [3.05, 3.63) is 35.7 Å². The van der Waals surface area contributed by atoms with Crippen LogP contribution in [0.5, 0.6) is 0 Å². The molecule has 0 aliphatic carbocycles. The molecule has 3 aromatic rings. The molecule has 2 aromatic heterocycles. The third-order valence-corrected chi connectivity index (χ3v) is 3.10. The van der Waals surface area contributed by atoms with E-state index < -0.39 is 5.97 Å². The fourth-order valence-corrected chi connectivity index (χ4v) is 2.20. The molecule has 0 unspecified atom stereocenters. The number of benzene rings is 1. The zero-order valence-electron chi connectivity index (χ0n) is 8.95. The number of carboxylic acids is 1. The molecular formula is C11H7N3O3S. The van der Waals surface area contributed by atoms with Crippen molar-refractivity contribution in [1.82, 2.24) is 9.97 Å². The maximum absolute atomic E-state index is 10.6. The van der Waals surface area contributed by atoms with Gasteiger partial charge in [-0.2, -0.15) is 4.98 Å². The fraction of sp³-hybridized carbons (Fsp3) is 0. The minimum atomic E-state index is -1.12. The molecule has 0 radical (unpaired) electrons. The molecule has 0 atom stereocenters. The van der Waals surface area contributed by atoms with Crippen molar-refractivity contribution in [2.45, 2.75) is 0 Å². The molecule has 3 rings (SSSR count). The fourth-order valence-electron chi connectivity index (χ4n) is 1.49. The number of fused-ring (bicyclic) bond motifs is 1. The van der Waals surface area contributed by atoms with E-state index in [1.54, 1.807) is 5.51 Å². The van der Waals surface area contributed by atoms with Gasteiger partial charge in [0.05, 0.1) is 15.7 Å². The summed E-state index contributed by atoms with van der Waals surface area (Å²) in [6.07, 6.45) is 1.09. The number of aromatic nitrogens is 2. The van der Waals surface area contributed by atoms with Crippen LogP contribution in [-0.4, -0.2) is 21.0 Å². The lowest BCUT2D eigenvalue weighted by atomic mass is 10.3. The lowest BCUT2D eigenvalue weighted by molar-refractivity contribution is 0.0690. The molecule has 0 saturated carbocycles. The Balaban J connectivity index is 1.88. The molecule has 0 fully saturated rings. The summed E-state index contributed by atoms with van der Waals surface area (Å²) in [4.78, 5) is 18.6. The molecule has 0 spiro atoms. The monoisotopic (exact) mass is 261 g/mol. The second-order valence-corrected chi connectivity index (χ2v) is 4.39. The first-order chi connectivity index (χ1) is 8.72. The van der Waals surface area contributed by atoms with Crippen LogP contribution in [-0.2, 0) is 0 Å². The smallest absolute Gasteiger partial charge is 0.357 e. The van der Waals surface area contributed by atoms with Gasteiger partial charge in [-0.25, -0.2) is 9.78 Å². The zero-order chi connectivity index (χ0) is 12.5. The topological polar surface area (TPSA) is 88.2 Å².